The molecule has 0 radical (unpaired) electrons. The summed E-state index contributed by atoms with van der Waals surface area (Å²) in [5, 5.41) is 16.4. The van der Waals surface area contributed by atoms with Crippen molar-refractivity contribution in [3.8, 4) is 0 Å². The number of nitrogens with two attached hydrogens (primary N) is 2. The van der Waals surface area contributed by atoms with Crippen molar-refractivity contribution < 1.29 is 47.1 Å². The van der Waals surface area contributed by atoms with E-state index >= 15 is 0 Å². The van der Waals surface area contributed by atoms with Gasteiger partial charge in [0.15, 0.2) is 10.8 Å². The molecule has 0 saturated carbocycles. The number of likely N-dealkylation sites (tertiary alicyclic amines) is 1. The molecule has 0 aromatic carbocycles. The number of carboxylic acid groups (broad SMARTS) is 1. The number of thiazole rings is 1. The largest absolute Gasteiger partial charge is 0.478 e. The molecule has 1 aromatic heterocycles. The van der Waals surface area contributed by atoms with Crippen molar-refractivity contribution in [1.82, 2.24) is 34.4 Å². The van der Waals surface area contributed by atoms with Gasteiger partial charge in [0, 0.05) is 31.6 Å². The van der Waals surface area contributed by atoms with Crippen LogP contribution < -0.4 is 26.2 Å². The number of carboxylic acids is 1. The Kier molecular flexibility index (Phi) is 8.98. The smallest absolute Gasteiger partial charge is 0.350 e. The number of urea groups is 3. The second kappa shape index (κ2) is 11.9. The van der Waals surface area contributed by atoms with Gasteiger partial charge in [-0.15, -0.1) is 11.3 Å². The molecule has 2 saturated heterocycles. The molecule has 2 fully saturated rings. The van der Waals surface area contributed by atoms with E-state index in [1.165, 1.54) is 33.6 Å². The molecule has 8 amide bonds. The predicted molar refractivity (Wildman–Crippen MR) is 138 cm³/mol. The lowest BCUT2D eigenvalue weighted by molar-refractivity contribution is -0.161. The Morgan fingerprint density at radius 3 is 2.37 bits per heavy atom. The van der Waals surface area contributed by atoms with Crippen molar-refractivity contribution in [2.45, 2.75) is 25.5 Å². The van der Waals surface area contributed by atoms with Gasteiger partial charge < -0.3 is 31.6 Å². The summed E-state index contributed by atoms with van der Waals surface area (Å²) in [6, 6.07) is -4.84. The first-order valence-electron chi connectivity index (χ1n) is 11.5. The fraction of sp³-hybridized carbons (Fsp3) is 0.474. The van der Waals surface area contributed by atoms with Crippen molar-refractivity contribution in [3.63, 3.8) is 0 Å². The number of aromatic nitrogens is 1. The Labute approximate surface area is 235 Å². The molecule has 1 atom stereocenters. The predicted octanol–water partition coefficient (Wildman–Crippen LogP) is -3.00. The topological polar surface area (TPSA) is 289 Å². The quantitative estimate of drug-likeness (QED) is 0.0866. The number of anilines is 1. The summed E-state index contributed by atoms with van der Waals surface area (Å²) in [6.45, 7) is 2.17. The number of nitrogens with zero attached hydrogens (tertiary/aromatic N) is 5. The lowest BCUT2D eigenvalue weighted by Gasteiger charge is -2.36. The normalized spacial score (nSPS) is 17.7. The molecule has 0 spiro atoms. The zero-order valence-electron chi connectivity index (χ0n) is 21.5. The minimum atomic E-state index is -4.85. The van der Waals surface area contributed by atoms with E-state index in [-0.39, 0.29) is 37.0 Å². The van der Waals surface area contributed by atoms with Crippen molar-refractivity contribution in [2.75, 3.05) is 38.5 Å². The highest BCUT2D eigenvalue weighted by Gasteiger charge is 2.44. The fourth-order valence-corrected chi connectivity index (χ4v) is 4.52. The molecule has 0 aliphatic carbocycles. The van der Waals surface area contributed by atoms with Crippen LogP contribution in [0.1, 0.15) is 19.5 Å². The lowest BCUT2D eigenvalue weighted by atomic mass is 10.1. The van der Waals surface area contributed by atoms with Gasteiger partial charge in [-0.25, -0.2) is 38.5 Å². The molecule has 3 rings (SSSR count). The van der Waals surface area contributed by atoms with Crippen LogP contribution in [0.15, 0.2) is 10.5 Å². The number of aliphatic carboxylic acids is 1. The molecular formula is C19H26N10O10S2. The van der Waals surface area contributed by atoms with Gasteiger partial charge >= 0.3 is 34.3 Å². The minimum Gasteiger partial charge on any atom is -0.478 e. The number of nitrogens with one attached hydrogen (secondary N) is 3. The maximum atomic E-state index is 12.8. The summed E-state index contributed by atoms with van der Waals surface area (Å²) in [5.41, 5.74) is 8.52. The number of rotatable bonds is 10. The first kappa shape index (κ1) is 31.0. The number of oxime groups is 1. The Balaban J connectivity index is 1.59. The van der Waals surface area contributed by atoms with E-state index in [1.54, 1.807) is 0 Å². The van der Waals surface area contributed by atoms with E-state index in [4.69, 9.17) is 16.3 Å². The van der Waals surface area contributed by atoms with Crippen LogP contribution in [0.2, 0.25) is 0 Å². The van der Waals surface area contributed by atoms with Crippen LogP contribution in [0.25, 0.3) is 0 Å². The molecule has 224 valence electrons. The number of β-lactam (4-membered cyclic amide) rings is 1. The maximum Gasteiger partial charge on any atom is 0.350 e. The third-order valence-corrected chi connectivity index (χ3v) is 7.08. The van der Waals surface area contributed by atoms with E-state index in [9.17, 15) is 42.3 Å². The number of hydrogen-bond acceptors (Lipinski definition) is 14. The number of nitrogen functional groups attached to an aromatic ring is 1. The minimum absolute atomic E-state index is 0.0517. The summed E-state index contributed by atoms with van der Waals surface area (Å²) < 4.78 is 27.5. The average Bonchev–Trinajstić information content (AvgIpc) is 3.46. The van der Waals surface area contributed by atoms with E-state index in [0.717, 1.165) is 11.3 Å². The fourth-order valence-electron chi connectivity index (χ4n) is 3.24. The Bertz CT molecular complexity index is 1410. The van der Waals surface area contributed by atoms with Gasteiger partial charge in [-0.05, 0) is 13.8 Å². The monoisotopic (exact) mass is 618 g/mol. The molecule has 2 aliphatic rings. The van der Waals surface area contributed by atoms with Crippen LogP contribution in [0.3, 0.4) is 0 Å². The molecule has 0 bridgehead atoms. The first-order valence-corrected chi connectivity index (χ1v) is 13.9. The second-order valence-electron chi connectivity index (χ2n) is 8.92. The third-order valence-electron chi connectivity index (χ3n) is 5.52. The number of imide groups is 2. The summed E-state index contributed by atoms with van der Waals surface area (Å²) >= 11 is 0.943. The summed E-state index contributed by atoms with van der Waals surface area (Å²) in [5.74, 6) is -3.44. The van der Waals surface area contributed by atoms with Gasteiger partial charge in [-0.1, -0.05) is 5.16 Å². The SMILES string of the molecule is CC(C)(ON=C(C(=O)N[C@H]1CN(C(=O)NS(=O)(=O)NC(=O)N2CCN(CCN)C2=O)C1=O)c1csc(N)n1)C(=O)O. The second-order valence-corrected chi connectivity index (χ2v) is 11.2. The van der Waals surface area contributed by atoms with Crippen molar-refractivity contribution in [1.29, 1.82) is 0 Å². The molecule has 1 aromatic rings. The molecule has 41 heavy (non-hydrogen) atoms. The van der Waals surface area contributed by atoms with E-state index in [2.05, 4.69) is 15.5 Å². The lowest BCUT2D eigenvalue weighted by Crippen LogP contribution is -2.68. The number of hydrogen-bond donors (Lipinski definition) is 6. The molecule has 0 unspecified atom stereocenters. The van der Waals surface area contributed by atoms with Gasteiger partial charge in [-0.2, -0.15) is 8.42 Å². The maximum absolute atomic E-state index is 12.8. The zero-order valence-corrected chi connectivity index (χ0v) is 23.2. The summed E-state index contributed by atoms with van der Waals surface area (Å²) in [6.07, 6.45) is 0. The standard InChI is InChI=1S/C19H26N10O10S2/c1-19(2,14(32)33)39-24-11(10-8-40-15(21)23-10)12(30)22-9-7-29(13(9)31)17(35)26-41(37,38)25-16(34)28-6-5-27(4-3-20)18(28)36/h8-9H,3-7,20H2,1-2H3,(H2,21,23)(H,22,30)(H,25,34)(H,26,35)(H,32,33)/t9-/m0/s1. The van der Waals surface area contributed by atoms with Gasteiger partial charge in [0.05, 0.1) is 6.54 Å². The van der Waals surface area contributed by atoms with Crippen molar-refractivity contribution in [3.05, 3.63) is 11.1 Å². The highest BCUT2D eigenvalue weighted by molar-refractivity contribution is 7.88. The molecular weight excluding hydrogens is 592 g/mol. The highest BCUT2D eigenvalue weighted by atomic mass is 32.2. The van der Waals surface area contributed by atoms with Crippen LogP contribution in [-0.2, 0) is 29.4 Å². The number of carbonyl (C=O) groups excluding carboxylic acids is 5. The summed E-state index contributed by atoms with van der Waals surface area (Å²) in [7, 11) is -4.85. The third kappa shape index (κ3) is 7.15. The zero-order chi connectivity index (χ0) is 30.7. The molecule has 22 heteroatoms. The van der Waals surface area contributed by atoms with Crippen LogP contribution >= 0.6 is 11.3 Å². The number of amides is 8. The molecule has 2 aliphatic heterocycles. The van der Waals surface area contributed by atoms with Gasteiger partial charge in [0.1, 0.15) is 11.7 Å². The van der Waals surface area contributed by atoms with Gasteiger partial charge in [0.2, 0.25) is 5.60 Å². The van der Waals surface area contributed by atoms with Gasteiger partial charge in [-0.3, -0.25) is 14.5 Å². The van der Waals surface area contributed by atoms with Crippen LogP contribution in [0.4, 0.5) is 19.5 Å². The first-order chi connectivity index (χ1) is 19.1. The molecule has 3 heterocycles. The Hall–Kier alpha value is -4.57. The van der Waals surface area contributed by atoms with Crippen molar-refractivity contribution >= 4 is 68.3 Å². The summed E-state index contributed by atoms with van der Waals surface area (Å²) in [4.78, 5) is 84.5. The van der Waals surface area contributed by atoms with Crippen LogP contribution in [0.5, 0.6) is 0 Å². The molecule has 20 nitrogen and oxygen atoms in total. The van der Waals surface area contributed by atoms with E-state index in [0.29, 0.717) is 9.80 Å². The van der Waals surface area contributed by atoms with Crippen LogP contribution in [0, 0.1) is 0 Å². The average molecular weight is 619 g/mol. The van der Waals surface area contributed by atoms with Gasteiger partial charge in [0.25, 0.3) is 11.8 Å². The molecule has 8 N–H and O–H groups in total. The van der Waals surface area contributed by atoms with Crippen LogP contribution in [-0.4, -0.2) is 119 Å². The van der Waals surface area contributed by atoms with E-state index < -0.39 is 70.0 Å². The highest BCUT2D eigenvalue weighted by Crippen LogP contribution is 2.17. The van der Waals surface area contributed by atoms with E-state index in [1.807, 2.05) is 0 Å². The number of carbonyl (C=O) groups is 6. The Morgan fingerprint density at radius 2 is 1.83 bits per heavy atom. The van der Waals surface area contributed by atoms with Crippen molar-refractivity contribution in [2.24, 2.45) is 10.9 Å². The Morgan fingerprint density at radius 1 is 1.20 bits per heavy atom.